The van der Waals surface area contributed by atoms with Crippen molar-refractivity contribution in [3.05, 3.63) is 54.1 Å². The molecule has 1 atom stereocenters. The summed E-state index contributed by atoms with van der Waals surface area (Å²) in [5, 5.41) is 9.35. The number of carboxylic acid groups (broad SMARTS) is 1. The summed E-state index contributed by atoms with van der Waals surface area (Å²) in [7, 11) is 0. The molecule has 148 valence electrons. The van der Waals surface area contributed by atoms with E-state index in [0.717, 1.165) is 0 Å². The van der Waals surface area contributed by atoms with Crippen LogP contribution < -0.4 is 14.4 Å². The Labute approximate surface area is 158 Å². The van der Waals surface area contributed by atoms with Crippen molar-refractivity contribution in [2.75, 3.05) is 24.7 Å². The Morgan fingerprint density at radius 3 is 2.29 bits per heavy atom. The molecule has 1 amide bonds. The van der Waals surface area contributed by atoms with E-state index in [9.17, 15) is 27.9 Å². The van der Waals surface area contributed by atoms with E-state index >= 15 is 0 Å². The summed E-state index contributed by atoms with van der Waals surface area (Å²) < 4.78 is 47.1. The maximum Gasteiger partial charge on any atom is 0.422 e. The van der Waals surface area contributed by atoms with Crippen LogP contribution in [0.15, 0.2) is 48.5 Å². The number of nitrogens with zero attached hydrogens (tertiary/aromatic N) is 1. The zero-order valence-corrected chi connectivity index (χ0v) is 14.5. The third-order valence-electron chi connectivity index (χ3n) is 4.16. The number of alkyl halides is 3. The van der Waals surface area contributed by atoms with Crippen molar-refractivity contribution in [2.24, 2.45) is 0 Å². The lowest BCUT2D eigenvalue weighted by molar-refractivity contribution is -0.153. The van der Waals surface area contributed by atoms with Crippen molar-refractivity contribution in [2.45, 2.75) is 12.1 Å². The van der Waals surface area contributed by atoms with Crippen molar-refractivity contribution in [1.29, 1.82) is 0 Å². The third kappa shape index (κ3) is 4.36. The van der Waals surface area contributed by atoms with Gasteiger partial charge in [-0.05, 0) is 23.8 Å². The smallest absolute Gasteiger partial charge is 0.422 e. The summed E-state index contributed by atoms with van der Waals surface area (Å²) in [5.41, 5.74) is 1.00. The van der Waals surface area contributed by atoms with E-state index in [2.05, 4.69) is 0 Å². The molecule has 1 N–H and O–H groups in total. The first kappa shape index (κ1) is 19.5. The standard InChI is InChI=1S/C19H16F3NO5/c20-19(21,22)11-28-16-8-4-3-7-15(16)27-10-17(24)23-9-13(18(25)26)12-5-1-2-6-14(12)23/h1-8,13H,9-11H2,(H,25,26). The van der Waals surface area contributed by atoms with Crippen LogP contribution in [0.2, 0.25) is 0 Å². The highest BCUT2D eigenvalue weighted by atomic mass is 19.4. The largest absolute Gasteiger partial charge is 0.481 e. The third-order valence-corrected chi connectivity index (χ3v) is 4.16. The Hall–Kier alpha value is -3.23. The summed E-state index contributed by atoms with van der Waals surface area (Å²) in [6.45, 7) is -2.00. The number of hydrogen-bond acceptors (Lipinski definition) is 4. The fraction of sp³-hybridized carbons (Fsp3) is 0.263. The summed E-state index contributed by atoms with van der Waals surface area (Å²) in [4.78, 5) is 25.3. The molecule has 6 nitrogen and oxygen atoms in total. The topological polar surface area (TPSA) is 76.1 Å². The number of rotatable bonds is 6. The van der Waals surface area contributed by atoms with Crippen LogP contribution in [0.1, 0.15) is 11.5 Å². The average Bonchev–Trinajstić information content (AvgIpc) is 3.04. The molecular weight excluding hydrogens is 379 g/mol. The molecule has 2 aromatic carbocycles. The lowest BCUT2D eigenvalue weighted by Gasteiger charge is -2.19. The molecule has 1 unspecified atom stereocenters. The molecule has 3 rings (SSSR count). The maximum atomic E-state index is 12.6. The van der Waals surface area contributed by atoms with Crippen molar-refractivity contribution < 1.29 is 37.3 Å². The molecule has 0 radical (unpaired) electrons. The molecule has 0 saturated carbocycles. The van der Waals surface area contributed by atoms with Gasteiger partial charge in [-0.2, -0.15) is 13.2 Å². The van der Waals surface area contributed by atoms with Gasteiger partial charge < -0.3 is 19.5 Å². The van der Waals surface area contributed by atoms with E-state index in [0.29, 0.717) is 11.3 Å². The summed E-state index contributed by atoms with van der Waals surface area (Å²) in [5.74, 6) is -2.56. The highest BCUT2D eigenvalue weighted by Crippen LogP contribution is 2.36. The maximum absolute atomic E-state index is 12.6. The second kappa shape index (κ2) is 7.79. The van der Waals surface area contributed by atoms with Crippen LogP contribution in [0.4, 0.5) is 18.9 Å². The first-order valence-corrected chi connectivity index (χ1v) is 8.30. The average molecular weight is 395 g/mol. The highest BCUT2D eigenvalue weighted by molar-refractivity contribution is 5.99. The molecular formula is C19H16F3NO5. The van der Waals surface area contributed by atoms with Gasteiger partial charge in [-0.15, -0.1) is 0 Å². The van der Waals surface area contributed by atoms with Crippen LogP contribution in [0.25, 0.3) is 0 Å². The Balaban J connectivity index is 1.69. The SMILES string of the molecule is O=C(O)C1CN(C(=O)COc2ccccc2OCC(F)(F)F)c2ccccc21. The van der Waals surface area contributed by atoms with Gasteiger partial charge in [-0.3, -0.25) is 9.59 Å². The van der Waals surface area contributed by atoms with Crippen LogP contribution in [-0.4, -0.2) is 42.9 Å². The van der Waals surface area contributed by atoms with E-state index in [1.807, 2.05) is 0 Å². The summed E-state index contributed by atoms with van der Waals surface area (Å²) >= 11 is 0. The van der Waals surface area contributed by atoms with Gasteiger partial charge in [-0.1, -0.05) is 30.3 Å². The molecule has 28 heavy (non-hydrogen) atoms. The van der Waals surface area contributed by atoms with Gasteiger partial charge in [0.05, 0.1) is 0 Å². The van der Waals surface area contributed by atoms with Gasteiger partial charge in [0.1, 0.15) is 5.92 Å². The van der Waals surface area contributed by atoms with Gasteiger partial charge in [0.25, 0.3) is 5.91 Å². The fourth-order valence-electron chi connectivity index (χ4n) is 2.92. The van der Waals surface area contributed by atoms with Crippen LogP contribution in [0.5, 0.6) is 11.5 Å². The first-order chi connectivity index (χ1) is 13.3. The molecule has 0 aliphatic carbocycles. The number of ether oxygens (including phenoxy) is 2. The Kier molecular flexibility index (Phi) is 5.43. The van der Waals surface area contributed by atoms with Gasteiger partial charge in [-0.25, -0.2) is 0 Å². The zero-order valence-electron chi connectivity index (χ0n) is 14.5. The number of hydrogen-bond donors (Lipinski definition) is 1. The second-order valence-electron chi connectivity index (χ2n) is 6.09. The monoisotopic (exact) mass is 395 g/mol. The number of amides is 1. The molecule has 0 fully saturated rings. The molecule has 0 aromatic heterocycles. The van der Waals surface area contributed by atoms with E-state index < -0.39 is 37.2 Å². The Bertz CT molecular complexity index is 884. The van der Waals surface area contributed by atoms with Crippen LogP contribution in [0.3, 0.4) is 0 Å². The predicted octanol–water partition coefficient (Wildman–Crippen LogP) is 3.22. The number of carboxylic acids is 1. The Morgan fingerprint density at radius 1 is 1.04 bits per heavy atom. The molecule has 0 bridgehead atoms. The van der Waals surface area contributed by atoms with Crippen molar-refractivity contribution in [3.63, 3.8) is 0 Å². The summed E-state index contributed by atoms with van der Waals surface area (Å²) in [6.07, 6.45) is -4.51. The molecule has 1 aliphatic heterocycles. The predicted molar refractivity (Wildman–Crippen MR) is 92.7 cm³/mol. The molecule has 0 spiro atoms. The number of carbonyl (C=O) groups excluding carboxylic acids is 1. The number of fused-ring (bicyclic) bond motifs is 1. The van der Waals surface area contributed by atoms with Crippen molar-refractivity contribution in [3.8, 4) is 11.5 Å². The second-order valence-corrected chi connectivity index (χ2v) is 6.09. The number of benzene rings is 2. The lowest BCUT2D eigenvalue weighted by Crippen LogP contribution is -2.35. The number of para-hydroxylation sites is 3. The van der Waals surface area contributed by atoms with Crippen molar-refractivity contribution >= 4 is 17.6 Å². The molecule has 0 saturated heterocycles. The molecule has 1 aliphatic rings. The van der Waals surface area contributed by atoms with Gasteiger partial charge >= 0.3 is 12.1 Å². The minimum atomic E-state index is -4.51. The number of anilines is 1. The number of halogens is 3. The molecule has 9 heteroatoms. The van der Waals surface area contributed by atoms with E-state index in [4.69, 9.17) is 9.47 Å². The van der Waals surface area contributed by atoms with Crippen molar-refractivity contribution in [1.82, 2.24) is 0 Å². The molecule has 1 heterocycles. The number of carbonyl (C=O) groups is 2. The van der Waals surface area contributed by atoms with Gasteiger partial charge in [0.15, 0.2) is 24.7 Å². The van der Waals surface area contributed by atoms with Crippen LogP contribution in [0, 0.1) is 0 Å². The van der Waals surface area contributed by atoms with E-state index in [1.165, 1.54) is 29.2 Å². The number of aliphatic carboxylic acids is 1. The van der Waals surface area contributed by atoms with E-state index in [1.54, 1.807) is 24.3 Å². The molecule has 2 aromatic rings. The quantitative estimate of drug-likeness (QED) is 0.813. The lowest BCUT2D eigenvalue weighted by atomic mass is 10.0. The van der Waals surface area contributed by atoms with E-state index in [-0.39, 0.29) is 18.0 Å². The summed E-state index contributed by atoms with van der Waals surface area (Å²) in [6, 6.07) is 12.4. The minimum Gasteiger partial charge on any atom is -0.481 e. The Morgan fingerprint density at radius 2 is 1.64 bits per heavy atom. The van der Waals surface area contributed by atoms with Crippen LogP contribution >= 0.6 is 0 Å². The first-order valence-electron chi connectivity index (χ1n) is 8.30. The highest BCUT2D eigenvalue weighted by Gasteiger charge is 2.36. The fourth-order valence-corrected chi connectivity index (χ4v) is 2.92. The van der Waals surface area contributed by atoms with Crippen LogP contribution in [-0.2, 0) is 9.59 Å². The normalized spacial score (nSPS) is 15.8. The minimum absolute atomic E-state index is 0.0117. The van der Waals surface area contributed by atoms with Gasteiger partial charge in [0, 0.05) is 12.2 Å². The van der Waals surface area contributed by atoms with Gasteiger partial charge in [0.2, 0.25) is 0 Å². The zero-order chi connectivity index (χ0) is 20.3.